The molecule has 0 aliphatic carbocycles. The zero-order chi connectivity index (χ0) is 17.6. The highest BCUT2D eigenvalue weighted by Crippen LogP contribution is 2.39. The van der Waals surface area contributed by atoms with Crippen LogP contribution in [0.25, 0.3) is 27.4 Å². The largest absolute Gasteiger partial charge is 0.629 e. The fourth-order valence-electron chi connectivity index (χ4n) is 3.77. The monoisotopic (exact) mass is 336 g/mol. The molecule has 1 aliphatic rings. The van der Waals surface area contributed by atoms with Crippen LogP contribution in [0.5, 0.6) is 5.75 Å². The maximum Gasteiger partial charge on any atom is 0.145 e. The van der Waals surface area contributed by atoms with Gasteiger partial charge in [-0.1, -0.05) is 38.5 Å². The summed E-state index contributed by atoms with van der Waals surface area (Å²) in [4.78, 5) is 3.51. The van der Waals surface area contributed by atoms with E-state index >= 15 is 0 Å². The average molecular weight is 336 g/mol. The van der Waals surface area contributed by atoms with Crippen molar-refractivity contribution in [3.05, 3.63) is 47.2 Å². The molecule has 0 fully saturated rings. The van der Waals surface area contributed by atoms with Crippen molar-refractivity contribution >= 4 is 33.1 Å². The van der Waals surface area contributed by atoms with Gasteiger partial charge in [0.25, 0.3) is 0 Å². The molecule has 0 saturated carbocycles. The Hall–Kier alpha value is -2.30. The number of hydrogen-bond acceptors (Lipinski definition) is 2. The van der Waals surface area contributed by atoms with Crippen molar-refractivity contribution in [1.82, 2.24) is 4.98 Å². The van der Waals surface area contributed by atoms with Gasteiger partial charge in [-0.2, -0.15) is 0 Å². The van der Waals surface area contributed by atoms with Gasteiger partial charge in [-0.05, 0) is 24.5 Å². The van der Waals surface area contributed by atoms with Crippen molar-refractivity contribution in [1.29, 1.82) is 0 Å². The molecule has 4 rings (SSSR count). The quantitative estimate of drug-likeness (QED) is 0.541. The minimum atomic E-state index is 0.115. The normalized spacial score (nSPS) is 16.8. The van der Waals surface area contributed by atoms with Crippen molar-refractivity contribution in [2.75, 3.05) is 13.2 Å². The van der Waals surface area contributed by atoms with Crippen LogP contribution in [-0.4, -0.2) is 18.1 Å². The first-order chi connectivity index (χ1) is 12.1. The predicted octanol–water partition coefficient (Wildman–Crippen LogP) is 4.24. The standard InChI is InChI=1S/C21H24N2O2/c1-4-5-6-9-25-15-10-17-20-18(11-15)23(24)12-14(3)16-8-7-13(2)21(22-17)19(16)20/h7-8,10-11,22-23H,3-6,9,12H2,1-2H3. The van der Waals surface area contributed by atoms with Gasteiger partial charge in [0, 0.05) is 23.1 Å². The molecule has 0 bridgehead atoms. The first kappa shape index (κ1) is 16.2. The summed E-state index contributed by atoms with van der Waals surface area (Å²) < 4.78 is 5.93. The third kappa shape index (κ3) is 2.62. The molecule has 0 spiro atoms. The SMILES string of the molecule is C=C1C[NH+]([O-])c2cc(OCCCCC)cc3[nH]c4c(C)ccc1c4c23. The lowest BCUT2D eigenvalue weighted by Crippen LogP contribution is -3.02. The highest BCUT2D eigenvalue weighted by Gasteiger charge is 2.24. The number of hydrogen-bond donors (Lipinski definition) is 2. The Morgan fingerprint density at radius 3 is 2.88 bits per heavy atom. The number of benzene rings is 2. The van der Waals surface area contributed by atoms with Gasteiger partial charge in [-0.3, -0.25) is 0 Å². The summed E-state index contributed by atoms with van der Waals surface area (Å²) >= 11 is 0. The molecule has 0 saturated heterocycles. The summed E-state index contributed by atoms with van der Waals surface area (Å²) in [5.41, 5.74) is 5.95. The molecular weight excluding hydrogens is 312 g/mol. The van der Waals surface area contributed by atoms with Gasteiger partial charge in [-0.25, -0.2) is 0 Å². The molecule has 1 aliphatic heterocycles. The molecule has 1 unspecified atom stereocenters. The summed E-state index contributed by atoms with van der Waals surface area (Å²) in [6.07, 6.45) is 3.35. The van der Waals surface area contributed by atoms with E-state index in [1.54, 1.807) is 0 Å². The number of ether oxygens (including phenoxy) is 1. The highest BCUT2D eigenvalue weighted by atomic mass is 16.5. The van der Waals surface area contributed by atoms with Gasteiger partial charge in [-0.15, -0.1) is 0 Å². The van der Waals surface area contributed by atoms with Crippen molar-refractivity contribution in [2.24, 2.45) is 0 Å². The van der Waals surface area contributed by atoms with Gasteiger partial charge in [0.05, 0.1) is 23.0 Å². The zero-order valence-electron chi connectivity index (χ0n) is 14.9. The van der Waals surface area contributed by atoms with Gasteiger partial charge in [0.2, 0.25) is 0 Å². The first-order valence-electron chi connectivity index (χ1n) is 9.03. The van der Waals surface area contributed by atoms with E-state index in [1.165, 1.54) is 5.56 Å². The van der Waals surface area contributed by atoms with Crippen LogP contribution in [0.1, 0.15) is 37.3 Å². The Kier molecular flexibility index (Phi) is 4.02. The van der Waals surface area contributed by atoms with E-state index < -0.39 is 0 Å². The summed E-state index contributed by atoms with van der Waals surface area (Å²) in [5.74, 6) is 0.769. The maximum atomic E-state index is 12.8. The number of rotatable bonds is 5. The number of aryl methyl sites for hydroxylation is 1. The lowest BCUT2D eigenvalue weighted by molar-refractivity contribution is -0.765. The molecule has 4 heteroatoms. The summed E-state index contributed by atoms with van der Waals surface area (Å²) in [5, 5.41) is 15.1. The van der Waals surface area contributed by atoms with E-state index in [9.17, 15) is 5.21 Å². The lowest BCUT2D eigenvalue weighted by atomic mass is 9.99. The van der Waals surface area contributed by atoms with Crippen LogP contribution in [0.4, 0.5) is 5.69 Å². The molecule has 1 aromatic heterocycles. The maximum absolute atomic E-state index is 12.8. The zero-order valence-corrected chi connectivity index (χ0v) is 14.9. The molecule has 1 atom stereocenters. The second kappa shape index (κ2) is 6.21. The van der Waals surface area contributed by atoms with Crippen LogP contribution in [0.2, 0.25) is 0 Å². The Bertz CT molecular complexity index is 971. The Morgan fingerprint density at radius 2 is 2.08 bits per heavy atom. The molecule has 2 heterocycles. The van der Waals surface area contributed by atoms with Crippen molar-refractivity contribution < 1.29 is 9.80 Å². The number of H-pyrrole nitrogens is 1. The van der Waals surface area contributed by atoms with Crippen molar-refractivity contribution in [3.8, 4) is 5.75 Å². The van der Waals surface area contributed by atoms with E-state index in [0.29, 0.717) is 13.2 Å². The van der Waals surface area contributed by atoms with E-state index in [0.717, 1.165) is 63.6 Å². The van der Waals surface area contributed by atoms with Crippen molar-refractivity contribution in [2.45, 2.75) is 33.1 Å². The number of nitrogens with one attached hydrogen (secondary N) is 2. The second-order valence-electron chi connectivity index (χ2n) is 6.96. The summed E-state index contributed by atoms with van der Waals surface area (Å²) in [6.45, 7) is 9.47. The average Bonchev–Trinajstić information content (AvgIpc) is 2.93. The van der Waals surface area contributed by atoms with E-state index in [2.05, 4.69) is 37.5 Å². The first-order valence-corrected chi connectivity index (χ1v) is 9.03. The Labute approximate surface area is 147 Å². The number of aromatic amines is 1. The molecular formula is C21H24N2O2. The van der Waals surface area contributed by atoms with Crippen LogP contribution in [-0.2, 0) is 0 Å². The molecule has 4 nitrogen and oxygen atoms in total. The smallest absolute Gasteiger partial charge is 0.145 e. The van der Waals surface area contributed by atoms with Crippen LogP contribution in [0, 0.1) is 12.1 Å². The molecule has 3 aromatic rings. The minimum absolute atomic E-state index is 0.115. The van der Waals surface area contributed by atoms with E-state index in [1.807, 2.05) is 12.1 Å². The van der Waals surface area contributed by atoms with Gasteiger partial charge < -0.3 is 20.0 Å². The molecule has 130 valence electrons. The summed E-state index contributed by atoms with van der Waals surface area (Å²) in [7, 11) is 0. The Morgan fingerprint density at radius 1 is 1.24 bits per heavy atom. The number of aromatic nitrogens is 1. The van der Waals surface area contributed by atoms with Gasteiger partial charge in [0.15, 0.2) is 0 Å². The Balaban J connectivity index is 1.90. The fourth-order valence-corrected chi connectivity index (χ4v) is 3.77. The van der Waals surface area contributed by atoms with Crippen LogP contribution >= 0.6 is 0 Å². The highest BCUT2D eigenvalue weighted by molar-refractivity contribution is 6.17. The molecule has 0 amide bonds. The molecule has 2 N–H and O–H groups in total. The molecule has 0 radical (unpaired) electrons. The number of hydroxylamine groups is 1. The van der Waals surface area contributed by atoms with Crippen LogP contribution < -0.4 is 9.80 Å². The topological polar surface area (TPSA) is 52.5 Å². The fraction of sp³-hybridized carbons (Fsp3) is 0.333. The van der Waals surface area contributed by atoms with Gasteiger partial charge >= 0.3 is 0 Å². The van der Waals surface area contributed by atoms with Crippen molar-refractivity contribution in [3.63, 3.8) is 0 Å². The van der Waals surface area contributed by atoms with Gasteiger partial charge in [0.1, 0.15) is 18.0 Å². The second-order valence-corrected chi connectivity index (χ2v) is 6.96. The molecule has 2 aromatic carbocycles. The van der Waals surface area contributed by atoms with Crippen LogP contribution in [0.15, 0.2) is 30.8 Å². The van der Waals surface area contributed by atoms with Crippen LogP contribution in [0.3, 0.4) is 0 Å². The minimum Gasteiger partial charge on any atom is -0.629 e. The number of unbranched alkanes of at least 4 members (excludes halogenated alkanes) is 2. The molecule has 25 heavy (non-hydrogen) atoms. The predicted molar refractivity (Wildman–Crippen MR) is 103 cm³/mol. The van der Waals surface area contributed by atoms with E-state index in [-0.39, 0.29) is 5.06 Å². The number of quaternary nitrogens is 1. The third-order valence-corrected chi connectivity index (χ3v) is 5.11. The third-order valence-electron chi connectivity index (χ3n) is 5.11. The lowest BCUT2D eigenvalue weighted by Gasteiger charge is -2.22. The van der Waals surface area contributed by atoms with E-state index in [4.69, 9.17) is 4.74 Å². The summed E-state index contributed by atoms with van der Waals surface area (Å²) in [6, 6.07) is 8.12.